The number of nitrogens with one attached hydrogen (secondary N) is 1. The van der Waals surface area contributed by atoms with E-state index < -0.39 is 18.2 Å². The van der Waals surface area contributed by atoms with Crippen molar-refractivity contribution >= 4 is 11.9 Å². The van der Waals surface area contributed by atoms with Crippen molar-refractivity contribution in [3.63, 3.8) is 0 Å². The molecule has 0 aromatic rings. The number of aliphatic carboxylic acids is 1. The number of hydrogen-bond acceptors (Lipinski definition) is 3. The quantitative estimate of drug-likeness (QED) is 0.808. The van der Waals surface area contributed by atoms with Crippen molar-refractivity contribution in [2.75, 3.05) is 6.54 Å². The Balaban J connectivity index is 1.62. The molecule has 1 amide bonds. The lowest BCUT2D eigenvalue weighted by molar-refractivity contribution is -0.151. The Kier molecular flexibility index (Phi) is 5.40. The molecule has 0 radical (unpaired) electrons. The molecule has 114 valence electrons. The Bertz CT molecular complexity index is 350. The molecule has 0 unspecified atom stereocenters. The van der Waals surface area contributed by atoms with E-state index in [1.54, 1.807) is 0 Å². The first-order valence-electron chi connectivity index (χ1n) is 7.72. The molecule has 0 aromatic heterocycles. The molecule has 1 heterocycles. The smallest absolute Gasteiger partial charge is 0.332 e. The van der Waals surface area contributed by atoms with Gasteiger partial charge in [-0.1, -0.05) is 32.6 Å². The maximum atomic E-state index is 11.9. The molecule has 2 rings (SSSR count). The zero-order valence-corrected chi connectivity index (χ0v) is 12.1. The summed E-state index contributed by atoms with van der Waals surface area (Å²) in [7, 11) is 0. The summed E-state index contributed by atoms with van der Waals surface area (Å²) in [6.45, 7) is 2.98. The molecule has 1 aliphatic carbocycles. The molecule has 2 fully saturated rings. The van der Waals surface area contributed by atoms with Crippen LogP contribution >= 0.6 is 0 Å². The van der Waals surface area contributed by atoms with Crippen molar-refractivity contribution in [3.05, 3.63) is 0 Å². The molecule has 1 saturated heterocycles. The highest BCUT2D eigenvalue weighted by molar-refractivity contribution is 5.82. The number of carbonyl (C=O) groups excluding carboxylic acids is 1. The van der Waals surface area contributed by atoms with Crippen molar-refractivity contribution < 1.29 is 19.4 Å². The monoisotopic (exact) mass is 283 g/mol. The second-order valence-electron chi connectivity index (χ2n) is 6.23. The van der Waals surface area contributed by atoms with Crippen LogP contribution in [-0.2, 0) is 14.3 Å². The molecule has 0 spiro atoms. The molecule has 2 N–H and O–H groups in total. The summed E-state index contributed by atoms with van der Waals surface area (Å²) in [6, 6.07) is 0. The Hall–Kier alpha value is -1.10. The van der Waals surface area contributed by atoms with E-state index in [9.17, 15) is 9.59 Å². The zero-order valence-electron chi connectivity index (χ0n) is 12.1. The number of carbonyl (C=O) groups is 2. The summed E-state index contributed by atoms with van der Waals surface area (Å²) in [4.78, 5) is 22.6. The lowest BCUT2D eigenvalue weighted by atomic mass is 9.81. The van der Waals surface area contributed by atoms with E-state index in [-0.39, 0.29) is 5.91 Å². The fourth-order valence-corrected chi connectivity index (χ4v) is 3.14. The van der Waals surface area contributed by atoms with Crippen LogP contribution < -0.4 is 5.32 Å². The van der Waals surface area contributed by atoms with E-state index in [4.69, 9.17) is 9.84 Å². The second-order valence-corrected chi connectivity index (χ2v) is 6.23. The van der Waals surface area contributed by atoms with Crippen molar-refractivity contribution in [2.24, 2.45) is 11.8 Å². The third kappa shape index (κ3) is 4.20. The van der Waals surface area contributed by atoms with Gasteiger partial charge in [0.15, 0.2) is 6.10 Å². The average Bonchev–Trinajstić information content (AvgIpc) is 2.91. The lowest BCUT2D eigenvalue weighted by Crippen LogP contribution is -2.36. The highest BCUT2D eigenvalue weighted by Gasteiger charge is 2.34. The molecule has 2 atom stereocenters. The van der Waals surface area contributed by atoms with E-state index in [1.807, 2.05) is 0 Å². The first-order valence-corrected chi connectivity index (χ1v) is 7.72. The molecule has 20 heavy (non-hydrogen) atoms. The lowest BCUT2D eigenvalue weighted by Gasteiger charge is -2.26. The van der Waals surface area contributed by atoms with Gasteiger partial charge in [-0.05, 0) is 31.1 Å². The van der Waals surface area contributed by atoms with Crippen LogP contribution in [0, 0.1) is 11.8 Å². The van der Waals surface area contributed by atoms with Gasteiger partial charge in [0.25, 0.3) is 0 Å². The standard InChI is InChI=1S/C15H25NO4/c1-10-2-4-11(5-3-10)8-9-16-14(17)12-6-7-13(20-12)15(18)19/h10-13H,2-9H2,1H3,(H,16,17)(H,18,19)/t10?,11?,12-,13+/m0/s1. The molecule has 5 nitrogen and oxygen atoms in total. The normalized spacial score (nSPS) is 33.9. The van der Waals surface area contributed by atoms with Crippen LogP contribution in [0.5, 0.6) is 0 Å². The summed E-state index contributed by atoms with van der Waals surface area (Å²) in [5, 5.41) is 11.7. The maximum Gasteiger partial charge on any atom is 0.332 e. The van der Waals surface area contributed by atoms with Crippen LogP contribution in [0.1, 0.15) is 51.9 Å². The number of carboxylic acid groups (broad SMARTS) is 1. The predicted molar refractivity (Wildman–Crippen MR) is 74.3 cm³/mol. The average molecular weight is 283 g/mol. The number of hydrogen-bond donors (Lipinski definition) is 2. The minimum absolute atomic E-state index is 0.155. The molecule has 1 saturated carbocycles. The van der Waals surface area contributed by atoms with Gasteiger partial charge in [0.1, 0.15) is 6.10 Å². The Labute approximate surface area is 120 Å². The van der Waals surface area contributed by atoms with E-state index in [1.165, 1.54) is 25.7 Å². The summed E-state index contributed by atoms with van der Waals surface area (Å²) < 4.78 is 5.23. The van der Waals surface area contributed by atoms with Gasteiger partial charge in [0, 0.05) is 6.54 Å². The van der Waals surface area contributed by atoms with Crippen molar-refractivity contribution in [3.8, 4) is 0 Å². The van der Waals surface area contributed by atoms with Crippen LogP contribution in [0.2, 0.25) is 0 Å². The first kappa shape index (κ1) is 15.3. The van der Waals surface area contributed by atoms with E-state index in [0.29, 0.717) is 19.4 Å². The highest BCUT2D eigenvalue weighted by atomic mass is 16.5. The van der Waals surface area contributed by atoms with Gasteiger partial charge in [0.2, 0.25) is 5.91 Å². The zero-order chi connectivity index (χ0) is 14.5. The summed E-state index contributed by atoms with van der Waals surface area (Å²) in [6.07, 6.45) is 5.67. The molecular formula is C15H25NO4. The van der Waals surface area contributed by atoms with Gasteiger partial charge < -0.3 is 15.2 Å². The largest absolute Gasteiger partial charge is 0.479 e. The fourth-order valence-electron chi connectivity index (χ4n) is 3.14. The van der Waals surface area contributed by atoms with Gasteiger partial charge in [0.05, 0.1) is 0 Å². The summed E-state index contributed by atoms with van der Waals surface area (Å²) in [5.41, 5.74) is 0. The van der Waals surface area contributed by atoms with Crippen LogP contribution in [0.4, 0.5) is 0 Å². The van der Waals surface area contributed by atoms with Gasteiger partial charge >= 0.3 is 5.97 Å². The molecule has 0 bridgehead atoms. The van der Waals surface area contributed by atoms with Crippen molar-refractivity contribution in [2.45, 2.75) is 64.1 Å². The molecule has 0 aromatic carbocycles. The van der Waals surface area contributed by atoms with Crippen LogP contribution in [0.25, 0.3) is 0 Å². The van der Waals surface area contributed by atoms with E-state index in [2.05, 4.69) is 12.2 Å². The molecule has 2 aliphatic rings. The Morgan fingerprint density at radius 1 is 1.10 bits per heavy atom. The number of ether oxygens (including phenoxy) is 1. The summed E-state index contributed by atoms with van der Waals surface area (Å²) in [5.74, 6) is 0.443. The second kappa shape index (κ2) is 7.07. The van der Waals surface area contributed by atoms with E-state index >= 15 is 0 Å². The van der Waals surface area contributed by atoms with Crippen molar-refractivity contribution in [1.82, 2.24) is 5.32 Å². The topological polar surface area (TPSA) is 75.6 Å². The summed E-state index contributed by atoms with van der Waals surface area (Å²) >= 11 is 0. The van der Waals surface area contributed by atoms with Crippen molar-refractivity contribution in [1.29, 1.82) is 0 Å². The van der Waals surface area contributed by atoms with Gasteiger partial charge in [-0.2, -0.15) is 0 Å². The minimum Gasteiger partial charge on any atom is -0.479 e. The Morgan fingerprint density at radius 2 is 1.75 bits per heavy atom. The highest BCUT2D eigenvalue weighted by Crippen LogP contribution is 2.30. The minimum atomic E-state index is -0.975. The Morgan fingerprint density at radius 3 is 2.35 bits per heavy atom. The first-order chi connectivity index (χ1) is 9.56. The fraction of sp³-hybridized carbons (Fsp3) is 0.867. The third-order valence-corrected chi connectivity index (χ3v) is 4.57. The van der Waals surface area contributed by atoms with Crippen LogP contribution in [0.3, 0.4) is 0 Å². The van der Waals surface area contributed by atoms with Gasteiger partial charge in [-0.3, -0.25) is 4.79 Å². The van der Waals surface area contributed by atoms with Crippen LogP contribution in [0.15, 0.2) is 0 Å². The number of amides is 1. The molecule has 5 heteroatoms. The number of rotatable bonds is 5. The third-order valence-electron chi connectivity index (χ3n) is 4.57. The maximum absolute atomic E-state index is 11.9. The van der Waals surface area contributed by atoms with Gasteiger partial charge in [-0.15, -0.1) is 0 Å². The molecular weight excluding hydrogens is 258 g/mol. The van der Waals surface area contributed by atoms with Crippen LogP contribution in [-0.4, -0.2) is 35.7 Å². The molecule has 1 aliphatic heterocycles. The number of carboxylic acids is 1. The SMILES string of the molecule is CC1CCC(CCNC(=O)[C@@H]2CC[C@H](C(=O)O)O2)CC1. The predicted octanol–water partition coefficient (Wildman–Crippen LogP) is 1.95. The van der Waals surface area contributed by atoms with E-state index in [0.717, 1.165) is 18.3 Å². The van der Waals surface area contributed by atoms with Gasteiger partial charge in [-0.25, -0.2) is 4.79 Å².